The van der Waals surface area contributed by atoms with E-state index in [1.807, 2.05) is 12.2 Å². The first-order valence-corrected chi connectivity index (χ1v) is 2.93. The minimum absolute atomic E-state index is 0.264. The van der Waals surface area contributed by atoms with E-state index in [9.17, 15) is 4.39 Å². The molecule has 1 atom stereocenters. The highest BCUT2D eigenvalue weighted by molar-refractivity contribution is 5.38. The predicted octanol–water partition coefficient (Wildman–Crippen LogP) is 0.626. The van der Waals surface area contributed by atoms with Crippen molar-refractivity contribution in [1.82, 2.24) is 5.32 Å². The van der Waals surface area contributed by atoms with Gasteiger partial charge in [0.05, 0.1) is 5.54 Å². The quantitative estimate of drug-likeness (QED) is 0.454. The molecule has 0 aromatic carbocycles. The van der Waals surface area contributed by atoms with Gasteiger partial charge < -0.3 is 5.32 Å². The predicted molar refractivity (Wildman–Crippen MR) is 29.4 cm³/mol. The van der Waals surface area contributed by atoms with Crippen LogP contribution in [0.3, 0.4) is 0 Å². The summed E-state index contributed by atoms with van der Waals surface area (Å²) in [5.41, 5.74) is -0.264. The SMILES string of the molecule is FC1CCNC12C=C2. The van der Waals surface area contributed by atoms with E-state index in [1.54, 1.807) is 0 Å². The smallest absolute Gasteiger partial charge is 0.127 e. The third kappa shape index (κ3) is 0.388. The Bertz CT molecular complexity index is 135. The van der Waals surface area contributed by atoms with Crippen LogP contribution in [0.25, 0.3) is 0 Å². The summed E-state index contributed by atoms with van der Waals surface area (Å²) in [7, 11) is 0. The van der Waals surface area contributed by atoms with Crippen molar-refractivity contribution in [3.8, 4) is 0 Å². The highest BCUT2D eigenvalue weighted by atomic mass is 19.1. The van der Waals surface area contributed by atoms with Crippen LogP contribution in [0, 0.1) is 0 Å². The lowest BCUT2D eigenvalue weighted by Crippen LogP contribution is -2.31. The number of nitrogens with one attached hydrogen (secondary N) is 1. The molecule has 2 heteroatoms. The van der Waals surface area contributed by atoms with E-state index >= 15 is 0 Å². The zero-order valence-electron chi connectivity index (χ0n) is 4.52. The second-order valence-electron chi connectivity index (χ2n) is 2.45. The van der Waals surface area contributed by atoms with Gasteiger partial charge in [-0.1, -0.05) is 12.2 Å². The van der Waals surface area contributed by atoms with Gasteiger partial charge in [0.25, 0.3) is 0 Å². The lowest BCUT2D eigenvalue weighted by molar-refractivity contribution is 0.305. The number of rotatable bonds is 0. The molecule has 8 heavy (non-hydrogen) atoms. The van der Waals surface area contributed by atoms with E-state index in [4.69, 9.17) is 0 Å². The van der Waals surface area contributed by atoms with Gasteiger partial charge in [-0.3, -0.25) is 0 Å². The first-order chi connectivity index (χ1) is 3.83. The van der Waals surface area contributed by atoms with Gasteiger partial charge in [0.2, 0.25) is 0 Å². The van der Waals surface area contributed by atoms with Crippen molar-refractivity contribution in [3.05, 3.63) is 12.2 Å². The van der Waals surface area contributed by atoms with Crippen LogP contribution in [0.2, 0.25) is 0 Å². The van der Waals surface area contributed by atoms with E-state index in [2.05, 4.69) is 5.32 Å². The molecule has 2 aliphatic rings. The van der Waals surface area contributed by atoms with Gasteiger partial charge in [-0.2, -0.15) is 0 Å². The molecule has 1 saturated heterocycles. The molecule has 2 rings (SSSR count). The molecule has 1 aliphatic carbocycles. The molecule has 0 saturated carbocycles. The van der Waals surface area contributed by atoms with E-state index in [0.717, 1.165) is 6.54 Å². The summed E-state index contributed by atoms with van der Waals surface area (Å²) in [6.07, 6.45) is 3.81. The van der Waals surface area contributed by atoms with Crippen LogP contribution in [-0.4, -0.2) is 18.3 Å². The van der Waals surface area contributed by atoms with Gasteiger partial charge >= 0.3 is 0 Å². The Kier molecular flexibility index (Phi) is 0.637. The summed E-state index contributed by atoms with van der Waals surface area (Å²) >= 11 is 0. The monoisotopic (exact) mass is 113 g/mol. The fourth-order valence-electron chi connectivity index (χ4n) is 1.18. The van der Waals surface area contributed by atoms with Gasteiger partial charge in [0, 0.05) is 0 Å². The van der Waals surface area contributed by atoms with Crippen LogP contribution in [0.5, 0.6) is 0 Å². The van der Waals surface area contributed by atoms with Gasteiger partial charge in [0.1, 0.15) is 6.17 Å². The third-order valence-electron chi connectivity index (χ3n) is 1.87. The molecule has 1 fully saturated rings. The summed E-state index contributed by atoms with van der Waals surface area (Å²) in [5.74, 6) is 0. The average Bonchev–Trinajstić information content (AvgIpc) is 2.39. The van der Waals surface area contributed by atoms with E-state index in [1.165, 1.54) is 0 Å². The fraction of sp³-hybridized carbons (Fsp3) is 0.667. The lowest BCUT2D eigenvalue weighted by Gasteiger charge is -2.08. The molecule has 0 aromatic heterocycles. The maximum absolute atomic E-state index is 12.6. The van der Waals surface area contributed by atoms with Gasteiger partial charge in [-0.25, -0.2) is 4.39 Å². The van der Waals surface area contributed by atoms with Crippen molar-refractivity contribution in [2.45, 2.75) is 18.1 Å². The third-order valence-corrected chi connectivity index (χ3v) is 1.87. The summed E-state index contributed by atoms with van der Waals surface area (Å²) in [6, 6.07) is 0. The first-order valence-electron chi connectivity index (χ1n) is 2.93. The topological polar surface area (TPSA) is 12.0 Å². The van der Waals surface area contributed by atoms with Crippen molar-refractivity contribution in [2.24, 2.45) is 0 Å². The Labute approximate surface area is 47.6 Å². The summed E-state index contributed by atoms with van der Waals surface area (Å²) < 4.78 is 12.6. The number of alkyl halides is 1. The molecule has 44 valence electrons. The maximum Gasteiger partial charge on any atom is 0.127 e. The zero-order valence-corrected chi connectivity index (χ0v) is 4.52. The largest absolute Gasteiger partial charge is 0.302 e. The van der Waals surface area contributed by atoms with Crippen molar-refractivity contribution in [2.75, 3.05) is 6.54 Å². The molecule has 1 aliphatic heterocycles. The highest BCUT2D eigenvalue weighted by Crippen LogP contribution is 2.35. The molecule has 1 heterocycles. The molecule has 0 radical (unpaired) electrons. The Morgan fingerprint density at radius 2 is 2.38 bits per heavy atom. The number of hydrogen-bond acceptors (Lipinski definition) is 1. The second kappa shape index (κ2) is 1.13. The molecular weight excluding hydrogens is 105 g/mol. The zero-order chi connectivity index (χ0) is 5.61. The second-order valence-corrected chi connectivity index (χ2v) is 2.45. The first kappa shape index (κ1) is 4.50. The summed E-state index contributed by atoms with van der Waals surface area (Å²) in [4.78, 5) is 0. The summed E-state index contributed by atoms with van der Waals surface area (Å²) in [5, 5.41) is 3.07. The summed E-state index contributed by atoms with van der Waals surface area (Å²) in [6.45, 7) is 0.828. The van der Waals surface area contributed by atoms with Crippen molar-refractivity contribution in [1.29, 1.82) is 0 Å². The minimum atomic E-state index is -0.650. The Morgan fingerprint density at radius 3 is 2.62 bits per heavy atom. The van der Waals surface area contributed by atoms with Crippen LogP contribution in [0.15, 0.2) is 12.2 Å². The number of hydrogen-bond donors (Lipinski definition) is 1. The van der Waals surface area contributed by atoms with Crippen LogP contribution < -0.4 is 5.32 Å². The van der Waals surface area contributed by atoms with Crippen LogP contribution in [0.4, 0.5) is 4.39 Å². The van der Waals surface area contributed by atoms with E-state index in [0.29, 0.717) is 6.42 Å². The normalized spacial score (nSPS) is 38.9. The van der Waals surface area contributed by atoms with Crippen LogP contribution in [-0.2, 0) is 0 Å². The average molecular weight is 113 g/mol. The molecule has 0 amide bonds. The standard InChI is InChI=1S/C6H8FN/c7-5-1-4-8-6(5)2-3-6/h2-3,5,8H,1,4H2. The molecule has 1 N–H and O–H groups in total. The molecule has 1 nitrogen and oxygen atoms in total. The van der Waals surface area contributed by atoms with Gasteiger partial charge in [0.15, 0.2) is 0 Å². The minimum Gasteiger partial charge on any atom is -0.302 e. The Hall–Kier alpha value is -0.370. The molecule has 1 spiro atoms. The Morgan fingerprint density at radius 1 is 1.62 bits per heavy atom. The maximum atomic E-state index is 12.6. The molecule has 0 bridgehead atoms. The van der Waals surface area contributed by atoms with Crippen LogP contribution >= 0.6 is 0 Å². The van der Waals surface area contributed by atoms with Gasteiger partial charge in [-0.15, -0.1) is 0 Å². The van der Waals surface area contributed by atoms with Crippen molar-refractivity contribution in [3.63, 3.8) is 0 Å². The van der Waals surface area contributed by atoms with Crippen molar-refractivity contribution >= 4 is 0 Å². The van der Waals surface area contributed by atoms with Gasteiger partial charge in [-0.05, 0) is 13.0 Å². The lowest BCUT2D eigenvalue weighted by atomic mass is 10.1. The van der Waals surface area contributed by atoms with Crippen molar-refractivity contribution < 1.29 is 4.39 Å². The van der Waals surface area contributed by atoms with E-state index < -0.39 is 6.17 Å². The van der Waals surface area contributed by atoms with E-state index in [-0.39, 0.29) is 5.54 Å². The fourth-order valence-corrected chi connectivity index (χ4v) is 1.18. The highest BCUT2D eigenvalue weighted by Gasteiger charge is 2.46. The van der Waals surface area contributed by atoms with Crippen LogP contribution in [0.1, 0.15) is 6.42 Å². The Balaban J connectivity index is 2.14. The molecule has 1 unspecified atom stereocenters. The number of halogens is 1. The molecule has 0 aromatic rings. The molecular formula is C6H8FN.